The maximum atomic E-state index is 9.36. The van der Waals surface area contributed by atoms with Crippen LogP contribution >= 0.6 is 0 Å². The molecule has 0 saturated carbocycles. The van der Waals surface area contributed by atoms with Crippen LogP contribution in [0, 0.1) is 11.3 Å². The second kappa shape index (κ2) is 11.1. The zero-order valence-corrected chi connectivity index (χ0v) is 24.2. The third-order valence-corrected chi connectivity index (χ3v) is 8.17. The summed E-state index contributed by atoms with van der Waals surface area (Å²) in [6.07, 6.45) is 0. The minimum atomic E-state index is 0.629. The lowest BCUT2D eigenvalue weighted by molar-refractivity contribution is 0.670. The van der Waals surface area contributed by atoms with Crippen LogP contribution in [-0.2, 0) is 0 Å². The number of rotatable bonds is 5. The Morgan fingerprint density at radius 3 is 1.76 bits per heavy atom. The van der Waals surface area contributed by atoms with Gasteiger partial charge in [-0.1, -0.05) is 121 Å². The van der Waals surface area contributed by atoms with Crippen molar-refractivity contribution in [1.29, 1.82) is 5.26 Å². The molecule has 4 nitrogen and oxygen atoms in total. The minimum absolute atomic E-state index is 0.629. The molecule has 8 aromatic rings. The number of nitrogens with zero attached hydrogens (tertiary/aromatic N) is 3. The number of nitriles is 1. The third kappa shape index (κ3) is 4.83. The Morgan fingerprint density at radius 2 is 1.07 bits per heavy atom. The van der Waals surface area contributed by atoms with Gasteiger partial charge in [0.2, 0.25) is 0 Å². The molecular weight excluding hydrogens is 550 g/mol. The van der Waals surface area contributed by atoms with E-state index in [1.807, 2.05) is 91.0 Å². The van der Waals surface area contributed by atoms with Crippen molar-refractivity contribution in [3.05, 3.63) is 157 Å². The average molecular weight is 576 g/mol. The molecule has 2 heterocycles. The zero-order valence-electron chi connectivity index (χ0n) is 24.2. The van der Waals surface area contributed by atoms with Crippen LogP contribution in [0.5, 0.6) is 0 Å². The first-order chi connectivity index (χ1) is 22.2. The lowest BCUT2D eigenvalue weighted by atomic mass is 9.91. The predicted molar refractivity (Wildman–Crippen MR) is 181 cm³/mol. The highest BCUT2D eigenvalue weighted by Crippen LogP contribution is 2.42. The SMILES string of the molecule is N#Cc1ccc(-c2ccc3c(oc4ccccc43)c2-c2ccc(-c3cc(-c4ccccc4)nc(-c4ccccc4)n3)cc2)cc1. The summed E-state index contributed by atoms with van der Waals surface area (Å²) in [4.78, 5) is 9.94. The number of hydrogen-bond donors (Lipinski definition) is 0. The number of fused-ring (bicyclic) bond motifs is 3. The Labute approximate surface area is 260 Å². The van der Waals surface area contributed by atoms with Gasteiger partial charge < -0.3 is 4.42 Å². The highest BCUT2D eigenvalue weighted by Gasteiger charge is 2.18. The van der Waals surface area contributed by atoms with Crippen molar-refractivity contribution in [3.63, 3.8) is 0 Å². The topological polar surface area (TPSA) is 62.7 Å². The van der Waals surface area contributed by atoms with Crippen LogP contribution in [0.2, 0.25) is 0 Å². The fraction of sp³-hybridized carbons (Fsp3) is 0. The Balaban J connectivity index is 1.29. The molecule has 45 heavy (non-hydrogen) atoms. The number of hydrogen-bond acceptors (Lipinski definition) is 4. The number of furan rings is 1. The van der Waals surface area contributed by atoms with Gasteiger partial charge in [-0.25, -0.2) is 9.97 Å². The van der Waals surface area contributed by atoms with Crippen LogP contribution in [0.25, 0.3) is 78.1 Å². The highest BCUT2D eigenvalue weighted by molar-refractivity contribution is 6.12. The van der Waals surface area contributed by atoms with Crippen LogP contribution in [0.4, 0.5) is 0 Å². The molecule has 0 spiro atoms. The molecule has 6 aromatic carbocycles. The Hall–Kier alpha value is -6.31. The number of benzene rings is 6. The van der Waals surface area contributed by atoms with Gasteiger partial charge in [0.15, 0.2) is 5.82 Å². The largest absolute Gasteiger partial charge is 0.455 e. The van der Waals surface area contributed by atoms with Gasteiger partial charge in [-0.15, -0.1) is 0 Å². The van der Waals surface area contributed by atoms with Crippen molar-refractivity contribution >= 4 is 21.9 Å². The lowest BCUT2D eigenvalue weighted by Crippen LogP contribution is -1.96. The molecule has 0 aliphatic carbocycles. The number of aromatic nitrogens is 2. The maximum absolute atomic E-state index is 9.36. The molecule has 0 radical (unpaired) electrons. The van der Waals surface area contributed by atoms with E-state index >= 15 is 0 Å². The van der Waals surface area contributed by atoms with Crippen molar-refractivity contribution in [2.45, 2.75) is 0 Å². The van der Waals surface area contributed by atoms with Crippen molar-refractivity contribution in [2.75, 3.05) is 0 Å². The van der Waals surface area contributed by atoms with E-state index in [1.54, 1.807) is 0 Å². The summed E-state index contributed by atoms with van der Waals surface area (Å²) in [5.74, 6) is 0.686. The van der Waals surface area contributed by atoms with Gasteiger partial charge in [0.25, 0.3) is 0 Å². The molecule has 0 unspecified atom stereocenters. The molecule has 210 valence electrons. The van der Waals surface area contributed by atoms with Crippen LogP contribution < -0.4 is 0 Å². The van der Waals surface area contributed by atoms with Crippen LogP contribution in [0.1, 0.15) is 5.56 Å². The van der Waals surface area contributed by atoms with Gasteiger partial charge in [-0.3, -0.25) is 0 Å². The molecular formula is C41H25N3O. The van der Waals surface area contributed by atoms with E-state index < -0.39 is 0 Å². The molecule has 0 bridgehead atoms. The predicted octanol–water partition coefficient (Wildman–Crippen LogP) is 10.6. The van der Waals surface area contributed by atoms with Crippen molar-refractivity contribution < 1.29 is 4.42 Å². The van der Waals surface area contributed by atoms with E-state index in [9.17, 15) is 5.26 Å². The fourth-order valence-electron chi connectivity index (χ4n) is 5.92. The molecule has 0 aliphatic rings. The second-order valence-electron chi connectivity index (χ2n) is 10.9. The van der Waals surface area contributed by atoms with Crippen molar-refractivity contribution in [3.8, 4) is 62.2 Å². The lowest BCUT2D eigenvalue weighted by Gasteiger charge is -2.13. The molecule has 0 aliphatic heterocycles. The van der Waals surface area contributed by atoms with E-state index in [-0.39, 0.29) is 0 Å². The second-order valence-corrected chi connectivity index (χ2v) is 10.9. The normalized spacial score (nSPS) is 11.1. The summed E-state index contributed by atoms with van der Waals surface area (Å²) in [5, 5.41) is 11.5. The molecule has 2 aromatic heterocycles. The van der Waals surface area contributed by atoms with Gasteiger partial charge >= 0.3 is 0 Å². The zero-order chi connectivity index (χ0) is 30.2. The summed E-state index contributed by atoms with van der Waals surface area (Å²) in [6, 6.07) is 53.2. The highest BCUT2D eigenvalue weighted by atomic mass is 16.3. The number of para-hydroxylation sites is 1. The Morgan fingerprint density at radius 1 is 0.489 bits per heavy atom. The smallest absolute Gasteiger partial charge is 0.160 e. The summed E-state index contributed by atoms with van der Waals surface area (Å²) < 4.78 is 6.52. The van der Waals surface area contributed by atoms with Crippen LogP contribution in [-0.4, -0.2) is 9.97 Å². The first-order valence-electron chi connectivity index (χ1n) is 14.8. The van der Waals surface area contributed by atoms with E-state index in [0.717, 1.165) is 72.3 Å². The van der Waals surface area contributed by atoms with Gasteiger partial charge in [0.1, 0.15) is 11.2 Å². The Kier molecular flexibility index (Phi) is 6.48. The molecule has 0 saturated heterocycles. The van der Waals surface area contributed by atoms with Crippen molar-refractivity contribution in [1.82, 2.24) is 9.97 Å². The molecule has 0 amide bonds. The Bertz CT molecular complexity index is 2290. The summed E-state index contributed by atoms with van der Waals surface area (Å²) in [7, 11) is 0. The first kappa shape index (κ1) is 26.3. The maximum Gasteiger partial charge on any atom is 0.160 e. The van der Waals surface area contributed by atoms with E-state index in [2.05, 4.69) is 66.7 Å². The van der Waals surface area contributed by atoms with Crippen LogP contribution in [0.15, 0.2) is 156 Å². The van der Waals surface area contributed by atoms with E-state index in [0.29, 0.717) is 11.4 Å². The van der Waals surface area contributed by atoms with Gasteiger partial charge in [-0.2, -0.15) is 5.26 Å². The summed E-state index contributed by atoms with van der Waals surface area (Å²) in [6.45, 7) is 0. The standard InChI is InChI=1S/C41H25N3O/c42-26-27-15-17-28(18-16-27)33-23-24-35-34-13-7-8-14-38(34)45-40(35)39(33)31-21-19-30(20-22-31)37-25-36(29-9-3-1-4-10-29)43-41(44-37)32-11-5-2-6-12-32/h1-25H. The monoisotopic (exact) mass is 575 g/mol. The van der Waals surface area contributed by atoms with Crippen LogP contribution in [0.3, 0.4) is 0 Å². The minimum Gasteiger partial charge on any atom is -0.455 e. The summed E-state index contributed by atoms with van der Waals surface area (Å²) in [5.41, 5.74) is 11.1. The molecule has 4 heteroatoms. The van der Waals surface area contributed by atoms with E-state index in [1.165, 1.54) is 0 Å². The van der Waals surface area contributed by atoms with Gasteiger partial charge in [0.05, 0.1) is 23.0 Å². The molecule has 8 rings (SSSR count). The quantitative estimate of drug-likeness (QED) is 0.205. The van der Waals surface area contributed by atoms with Crippen molar-refractivity contribution in [2.24, 2.45) is 0 Å². The van der Waals surface area contributed by atoms with Gasteiger partial charge in [0, 0.05) is 33.0 Å². The van der Waals surface area contributed by atoms with E-state index in [4.69, 9.17) is 14.4 Å². The summed E-state index contributed by atoms with van der Waals surface area (Å²) >= 11 is 0. The first-order valence-corrected chi connectivity index (χ1v) is 14.8. The average Bonchev–Trinajstić information content (AvgIpc) is 3.51. The fourth-order valence-corrected chi connectivity index (χ4v) is 5.92. The molecule has 0 fully saturated rings. The molecule has 0 atom stereocenters. The molecule has 0 N–H and O–H groups in total. The third-order valence-electron chi connectivity index (χ3n) is 8.17. The van der Waals surface area contributed by atoms with Gasteiger partial charge in [-0.05, 0) is 47.0 Å².